The summed E-state index contributed by atoms with van der Waals surface area (Å²) in [7, 11) is 8.94. The molecule has 4 heteroatoms. The molecule has 1 rings (SSSR count). The molecule has 0 saturated carbocycles. The maximum atomic E-state index is 6.18. The Kier molecular flexibility index (Phi) is 8.64. The van der Waals surface area contributed by atoms with Crippen LogP contribution in [0.3, 0.4) is 0 Å². The molecule has 0 aliphatic rings. The Morgan fingerprint density at radius 3 is 1.96 bits per heavy atom. The van der Waals surface area contributed by atoms with Crippen LogP contribution in [0.15, 0.2) is 30.3 Å². The van der Waals surface area contributed by atoms with Gasteiger partial charge in [-0.2, -0.15) is 0 Å². The van der Waals surface area contributed by atoms with Crippen LogP contribution in [0.4, 0.5) is 0 Å². The number of hydrogen-bond acceptors (Lipinski definition) is 3. The third kappa shape index (κ3) is 7.05. The zero-order valence-corrected chi connectivity index (χ0v) is 17.9. The Hall–Kier alpha value is -0.683. The van der Waals surface area contributed by atoms with Crippen LogP contribution >= 0.6 is 0 Å². The molecule has 0 bridgehead atoms. The highest BCUT2D eigenvalue weighted by Crippen LogP contribution is 2.36. The summed E-state index contributed by atoms with van der Waals surface area (Å²) in [6.45, 7) is 7.01. The van der Waals surface area contributed by atoms with Crippen molar-refractivity contribution >= 4 is 8.32 Å². The molecular weight excluding hydrogens is 312 g/mol. The summed E-state index contributed by atoms with van der Waals surface area (Å²) in [5, 5.41) is 0. The highest BCUT2D eigenvalue weighted by molar-refractivity contribution is 6.72. The van der Waals surface area contributed by atoms with Gasteiger partial charge in [0, 0.05) is 20.2 Å². The Morgan fingerprint density at radius 2 is 1.54 bits per heavy atom. The van der Waals surface area contributed by atoms with Gasteiger partial charge in [0.1, 0.15) is 0 Å². The van der Waals surface area contributed by atoms with Crippen molar-refractivity contribution < 1.29 is 4.43 Å². The molecule has 0 saturated heterocycles. The maximum absolute atomic E-state index is 6.18. The smallest absolute Gasteiger partial charge is 0.190 e. The Balaban J connectivity index is 2.88. The van der Waals surface area contributed by atoms with E-state index in [9.17, 15) is 0 Å². The number of benzene rings is 1. The van der Waals surface area contributed by atoms with Crippen molar-refractivity contribution in [3.8, 4) is 0 Å². The van der Waals surface area contributed by atoms with Gasteiger partial charge in [-0.3, -0.25) is 0 Å². The SMILES string of the molecule is CCC(CN(C)C)(CN(C)C)C[Si](C)(CCc1ccccc1)OC. The lowest BCUT2D eigenvalue weighted by Gasteiger charge is -2.42. The minimum Gasteiger partial charge on any atom is -0.420 e. The summed E-state index contributed by atoms with van der Waals surface area (Å²) >= 11 is 0. The molecule has 138 valence electrons. The summed E-state index contributed by atoms with van der Waals surface area (Å²) in [5.74, 6) is 0. The summed E-state index contributed by atoms with van der Waals surface area (Å²) in [5.41, 5.74) is 1.73. The molecule has 0 aliphatic carbocycles. The summed E-state index contributed by atoms with van der Waals surface area (Å²) in [6, 6.07) is 13.2. The van der Waals surface area contributed by atoms with E-state index in [1.54, 1.807) is 0 Å². The van der Waals surface area contributed by atoms with Gasteiger partial charge in [0.15, 0.2) is 8.32 Å². The van der Waals surface area contributed by atoms with Gasteiger partial charge in [0.2, 0.25) is 0 Å². The zero-order valence-electron chi connectivity index (χ0n) is 16.9. The fourth-order valence-electron chi connectivity index (χ4n) is 3.96. The van der Waals surface area contributed by atoms with E-state index in [1.807, 2.05) is 7.11 Å². The van der Waals surface area contributed by atoms with Crippen LogP contribution < -0.4 is 0 Å². The molecule has 24 heavy (non-hydrogen) atoms. The largest absolute Gasteiger partial charge is 0.420 e. The number of hydrogen-bond donors (Lipinski definition) is 0. The molecular formula is C20H38N2OSi. The third-order valence-electron chi connectivity index (χ3n) is 5.08. The minimum atomic E-state index is -1.75. The molecule has 0 aromatic heterocycles. The normalized spacial score (nSPS) is 15.0. The lowest BCUT2D eigenvalue weighted by atomic mass is 9.86. The van der Waals surface area contributed by atoms with Gasteiger partial charge in [-0.15, -0.1) is 0 Å². The average Bonchev–Trinajstić information content (AvgIpc) is 2.52. The van der Waals surface area contributed by atoms with Crippen LogP contribution in [0.25, 0.3) is 0 Å². The highest BCUT2D eigenvalue weighted by Gasteiger charge is 2.40. The average molecular weight is 351 g/mol. The molecule has 1 unspecified atom stereocenters. The van der Waals surface area contributed by atoms with Crippen LogP contribution in [-0.2, 0) is 10.8 Å². The first kappa shape index (κ1) is 21.4. The van der Waals surface area contributed by atoms with Crippen molar-refractivity contribution in [3.05, 3.63) is 35.9 Å². The lowest BCUT2D eigenvalue weighted by molar-refractivity contribution is 0.149. The lowest BCUT2D eigenvalue weighted by Crippen LogP contribution is -2.48. The minimum absolute atomic E-state index is 0.306. The first-order valence-corrected chi connectivity index (χ1v) is 11.9. The van der Waals surface area contributed by atoms with Crippen molar-refractivity contribution in [1.82, 2.24) is 9.80 Å². The van der Waals surface area contributed by atoms with Crippen molar-refractivity contribution in [2.75, 3.05) is 48.4 Å². The fourth-order valence-corrected chi connectivity index (χ4v) is 7.36. The predicted octanol–water partition coefficient (Wildman–Crippen LogP) is 3.97. The fraction of sp³-hybridized carbons (Fsp3) is 0.700. The number of aryl methyl sites for hydroxylation is 1. The van der Waals surface area contributed by atoms with Crippen molar-refractivity contribution in [3.63, 3.8) is 0 Å². The van der Waals surface area contributed by atoms with Crippen LogP contribution in [-0.4, -0.2) is 66.5 Å². The molecule has 0 spiro atoms. The first-order valence-electron chi connectivity index (χ1n) is 9.13. The van der Waals surface area contributed by atoms with Crippen molar-refractivity contribution in [2.45, 2.75) is 38.4 Å². The quantitative estimate of drug-likeness (QED) is 0.562. The Morgan fingerprint density at radius 1 is 1.00 bits per heavy atom. The van der Waals surface area contributed by atoms with E-state index in [-0.39, 0.29) is 0 Å². The molecule has 0 heterocycles. The van der Waals surface area contributed by atoms with Crippen LogP contribution in [0.2, 0.25) is 18.6 Å². The van der Waals surface area contributed by atoms with Gasteiger partial charge in [-0.25, -0.2) is 0 Å². The first-order chi connectivity index (χ1) is 11.2. The predicted molar refractivity (Wildman–Crippen MR) is 108 cm³/mol. The van der Waals surface area contributed by atoms with E-state index in [1.165, 1.54) is 24.1 Å². The molecule has 0 aliphatic heterocycles. The van der Waals surface area contributed by atoms with Gasteiger partial charge in [-0.1, -0.05) is 37.3 Å². The van der Waals surface area contributed by atoms with Gasteiger partial charge in [0.25, 0.3) is 0 Å². The molecule has 0 fully saturated rings. The second-order valence-corrected chi connectivity index (χ2v) is 12.3. The molecule has 1 aromatic rings. The van der Waals surface area contributed by atoms with Crippen molar-refractivity contribution in [1.29, 1.82) is 0 Å². The van der Waals surface area contributed by atoms with Crippen LogP contribution in [0.5, 0.6) is 0 Å². The topological polar surface area (TPSA) is 15.7 Å². The van der Waals surface area contributed by atoms with Gasteiger partial charge < -0.3 is 14.2 Å². The molecule has 0 amide bonds. The molecule has 3 nitrogen and oxygen atoms in total. The summed E-state index contributed by atoms with van der Waals surface area (Å²) in [6.07, 6.45) is 2.32. The molecule has 1 atom stereocenters. The van der Waals surface area contributed by atoms with E-state index < -0.39 is 8.32 Å². The summed E-state index contributed by atoms with van der Waals surface area (Å²) < 4.78 is 6.18. The number of rotatable bonds is 11. The van der Waals surface area contributed by atoms with E-state index in [0.29, 0.717) is 5.41 Å². The van der Waals surface area contributed by atoms with E-state index >= 15 is 0 Å². The monoisotopic (exact) mass is 350 g/mol. The van der Waals surface area contributed by atoms with E-state index in [4.69, 9.17) is 4.43 Å². The molecule has 1 aromatic carbocycles. The van der Waals surface area contributed by atoms with Gasteiger partial charge in [-0.05, 0) is 70.6 Å². The standard InChI is InChI=1S/C20H38N2OSi/c1-8-20(16-21(2)3,17-22(4)5)18-24(7,23-6)15-14-19-12-10-9-11-13-19/h9-13H,8,14-18H2,1-7H3. The Labute approximate surface area is 151 Å². The number of nitrogens with zero attached hydrogens (tertiary/aromatic N) is 2. The zero-order chi connectivity index (χ0) is 18.2. The van der Waals surface area contributed by atoms with Crippen LogP contribution in [0, 0.1) is 5.41 Å². The second-order valence-electron chi connectivity index (χ2n) is 8.15. The third-order valence-corrected chi connectivity index (χ3v) is 8.87. The van der Waals surface area contributed by atoms with Crippen LogP contribution in [0.1, 0.15) is 18.9 Å². The van der Waals surface area contributed by atoms with Crippen molar-refractivity contribution in [2.24, 2.45) is 5.41 Å². The molecule has 0 N–H and O–H groups in total. The van der Waals surface area contributed by atoms with E-state index in [0.717, 1.165) is 19.5 Å². The Bertz CT molecular complexity index is 454. The van der Waals surface area contributed by atoms with Gasteiger partial charge in [0.05, 0.1) is 0 Å². The maximum Gasteiger partial charge on any atom is 0.190 e. The van der Waals surface area contributed by atoms with Gasteiger partial charge >= 0.3 is 0 Å². The van der Waals surface area contributed by atoms with E-state index in [2.05, 4.69) is 81.8 Å². The highest BCUT2D eigenvalue weighted by atomic mass is 28.4. The molecule has 0 radical (unpaired) electrons. The second kappa shape index (κ2) is 9.71. The summed E-state index contributed by atoms with van der Waals surface area (Å²) in [4.78, 5) is 4.68.